The zero-order valence-corrected chi connectivity index (χ0v) is 60.9. The lowest BCUT2D eigenvalue weighted by Crippen LogP contribution is -2.71. The van der Waals surface area contributed by atoms with Gasteiger partial charge in [-0.05, 0) is 119 Å². The van der Waals surface area contributed by atoms with Crippen LogP contribution in [0.4, 0.5) is 0 Å². The summed E-state index contributed by atoms with van der Waals surface area (Å²) < 4.78 is 77.3. The van der Waals surface area contributed by atoms with Crippen molar-refractivity contribution in [3.05, 3.63) is 11.6 Å². The molecular weight excluding hydrogens is 1430 g/mol. The number of rotatable bonds is 22. The molecule has 6 aliphatic heterocycles. The summed E-state index contributed by atoms with van der Waals surface area (Å²) >= 11 is 0. The van der Waals surface area contributed by atoms with Gasteiger partial charge in [0, 0.05) is 5.41 Å². The lowest BCUT2D eigenvalue weighted by molar-refractivity contribution is -0.388. The maximum absolute atomic E-state index is 15.9. The molecule has 37 heteroatoms. The molecule has 20 N–H and O–H groups in total. The molecule has 10 fully saturated rings. The van der Waals surface area contributed by atoms with Crippen LogP contribution in [0.2, 0.25) is 0 Å². The fraction of sp³-hybridized carbons (Fsp3) is 0.914. The van der Waals surface area contributed by atoms with E-state index in [2.05, 4.69) is 20.8 Å². The summed E-state index contributed by atoms with van der Waals surface area (Å²) in [5, 5.41) is 221. The Bertz CT molecular complexity index is 3180. The monoisotopic (exact) mass is 1540 g/mol. The molecule has 37 nitrogen and oxygen atoms in total. The zero-order chi connectivity index (χ0) is 78.7. The molecule has 0 radical (unpaired) electrons. The normalized spacial score (nSPS) is 51.0. The van der Waals surface area contributed by atoms with Crippen LogP contribution in [0.5, 0.6) is 0 Å². The number of carbonyl (C=O) groups excluding carboxylic acids is 2. The van der Waals surface area contributed by atoms with Gasteiger partial charge in [-0.25, -0.2) is 0 Å². The minimum absolute atomic E-state index is 0.0212. The Morgan fingerprint density at radius 3 is 1.77 bits per heavy atom. The average Bonchev–Trinajstić information content (AvgIpc) is 1.16. The summed E-state index contributed by atoms with van der Waals surface area (Å²) in [4.78, 5) is 53.9. The van der Waals surface area contributed by atoms with Crippen molar-refractivity contribution in [2.45, 2.75) is 309 Å². The molecule has 38 unspecified atom stereocenters. The SMILES string of the molecule is CC1OC(OC(=O)C23CCC(C)(C)CC2C2=CCC4C5(C)CC(O)C(OC6OC(CO)C(O)C(O)C6O)C(C)(C(=O)O)C5CCC4(C)C2(CO)CC3)C(OC2OC(C)C(OC3OCC(OC4OC(CO)C(O)C(O)C4O)C(O)C3O)C(OC3OCC(O)(COC(=O)CC(C)(O)CC(=O)O)C3O)C2O)C(O)C1O. The smallest absolute Gasteiger partial charge is 0.315 e. The third-order valence-corrected chi connectivity index (χ3v) is 26.2. The van der Waals surface area contributed by atoms with E-state index >= 15 is 4.79 Å². The van der Waals surface area contributed by atoms with Gasteiger partial charge in [-0.1, -0.05) is 39.3 Å². The number of aliphatic carboxylic acids is 2. The number of carboxylic acids is 2. The van der Waals surface area contributed by atoms with E-state index in [4.69, 9.17) is 61.6 Å². The number of esters is 2. The van der Waals surface area contributed by atoms with Crippen LogP contribution in [0.15, 0.2) is 11.6 Å². The number of fused-ring (bicyclic) bond motifs is 7. The van der Waals surface area contributed by atoms with Crippen LogP contribution in [0.3, 0.4) is 0 Å². The highest BCUT2D eigenvalue weighted by molar-refractivity contribution is 5.79. The summed E-state index contributed by atoms with van der Waals surface area (Å²) in [6.45, 7) is 8.82. The summed E-state index contributed by atoms with van der Waals surface area (Å²) in [7, 11) is 0. The third kappa shape index (κ3) is 15.0. The van der Waals surface area contributed by atoms with Crippen molar-refractivity contribution < 1.29 is 183 Å². The molecule has 0 aromatic carbocycles. The highest BCUT2D eigenvalue weighted by Crippen LogP contribution is 2.76. The van der Waals surface area contributed by atoms with Gasteiger partial charge in [0.1, 0.15) is 116 Å². The van der Waals surface area contributed by atoms with Crippen LogP contribution in [0.25, 0.3) is 0 Å². The molecule has 107 heavy (non-hydrogen) atoms. The van der Waals surface area contributed by atoms with Crippen LogP contribution in [-0.2, 0) is 80.8 Å². The average molecular weight is 1540 g/mol. The number of aliphatic hydroxyl groups is 18. The molecule has 6 heterocycles. The maximum atomic E-state index is 15.9. The quantitative estimate of drug-likeness (QED) is 0.0273. The molecule has 0 aromatic rings. The van der Waals surface area contributed by atoms with Gasteiger partial charge in [0.25, 0.3) is 0 Å². The largest absolute Gasteiger partial charge is 0.481 e. The second kappa shape index (κ2) is 31.3. The first kappa shape index (κ1) is 84.4. The van der Waals surface area contributed by atoms with Gasteiger partial charge in [-0.3, -0.25) is 19.2 Å². The van der Waals surface area contributed by atoms with Crippen LogP contribution in [0, 0.1) is 50.2 Å². The Labute approximate surface area is 615 Å². The van der Waals surface area contributed by atoms with Crippen LogP contribution < -0.4 is 0 Å². The van der Waals surface area contributed by atoms with Crippen molar-refractivity contribution >= 4 is 23.9 Å². The van der Waals surface area contributed by atoms with Crippen molar-refractivity contribution in [2.24, 2.45) is 50.2 Å². The number of hydrogen-bond donors (Lipinski definition) is 20. The molecule has 0 bridgehead atoms. The molecule has 11 aliphatic rings. The lowest BCUT2D eigenvalue weighted by atomic mass is 9.33. The summed E-state index contributed by atoms with van der Waals surface area (Å²) in [5.41, 5.74) is -10.3. The number of ether oxygens (including phenoxy) is 13. The lowest BCUT2D eigenvalue weighted by Gasteiger charge is -2.71. The van der Waals surface area contributed by atoms with E-state index in [9.17, 15) is 117 Å². The number of carboxylic acid groups (broad SMARTS) is 2. The predicted molar refractivity (Wildman–Crippen MR) is 349 cm³/mol. The highest BCUT2D eigenvalue weighted by Gasteiger charge is 2.74. The molecule has 0 aromatic heterocycles. The Hall–Kier alpha value is -3.54. The van der Waals surface area contributed by atoms with Gasteiger partial charge in [0.05, 0.1) is 80.6 Å². The molecule has 0 amide bonds. The standard InChI is InChI=1S/C70H110O37/c1-27-39(78)45(84)52(105-58-49(88)51(104-60-53(89)70(94,26-97-60)25-96-38(77)20-64(5,93)19-37(75)76)50(28(2)99-58)103-55-46(85)42(81)34(23-95-55)102-56-47(86)43(82)40(79)32(21-71)100-56)59(98-27)107-62(92)68-14-13-63(3,4)17-30(68)29-9-10-35-65(6)18-31(74)54(106-57-48(87)44(83)41(80)33(22-72)101-57)67(8,61(90)91)36(65)11-12-66(35,7)69(29,24-73)16-15-68/h9,27-28,30-36,39-60,71-74,78-89,93-94H,10-26H2,1-8H3,(H,75,76)(H,90,91). The van der Waals surface area contributed by atoms with Crippen molar-refractivity contribution in [3.63, 3.8) is 0 Å². The van der Waals surface area contributed by atoms with Gasteiger partial charge >= 0.3 is 23.9 Å². The second-order valence-corrected chi connectivity index (χ2v) is 33.7. The van der Waals surface area contributed by atoms with Crippen molar-refractivity contribution in [1.29, 1.82) is 0 Å². The maximum Gasteiger partial charge on any atom is 0.315 e. The van der Waals surface area contributed by atoms with Crippen LogP contribution in [0.1, 0.15) is 126 Å². The number of allylic oxidation sites excluding steroid dienone is 1. The van der Waals surface area contributed by atoms with Crippen LogP contribution >= 0.6 is 0 Å². The Kier molecular flexibility index (Phi) is 24.7. The molecule has 612 valence electrons. The Morgan fingerprint density at radius 1 is 0.579 bits per heavy atom. The molecule has 11 rings (SSSR count). The van der Waals surface area contributed by atoms with Gasteiger partial charge in [0.2, 0.25) is 6.29 Å². The molecule has 5 aliphatic carbocycles. The first-order valence-electron chi connectivity index (χ1n) is 36.7. The third-order valence-electron chi connectivity index (χ3n) is 26.2. The van der Waals surface area contributed by atoms with E-state index in [1.165, 1.54) is 20.8 Å². The summed E-state index contributed by atoms with van der Waals surface area (Å²) in [6, 6.07) is 0. The van der Waals surface area contributed by atoms with E-state index < -0.39 is 310 Å². The van der Waals surface area contributed by atoms with E-state index in [-0.39, 0.29) is 32.1 Å². The number of aliphatic hydroxyl groups excluding tert-OH is 16. The Balaban J connectivity index is 0.848. The topological polar surface area (TPSA) is 593 Å². The first-order chi connectivity index (χ1) is 49.9. The van der Waals surface area contributed by atoms with E-state index in [0.29, 0.717) is 25.7 Å². The zero-order valence-electron chi connectivity index (χ0n) is 60.9. The van der Waals surface area contributed by atoms with Gasteiger partial charge in [-0.2, -0.15) is 0 Å². The van der Waals surface area contributed by atoms with Crippen molar-refractivity contribution in [3.8, 4) is 0 Å². The molecular formula is C70H110O37. The molecule has 6 saturated heterocycles. The fourth-order valence-corrected chi connectivity index (χ4v) is 20.0. The molecule has 38 atom stereocenters. The Morgan fingerprint density at radius 2 is 1.16 bits per heavy atom. The highest BCUT2D eigenvalue weighted by atomic mass is 16.8. The van der Waals surface area contributed by atoms with Crippen molar-refractivity contribution in [1.82, 2.24) is 0 Å². The van der Waals surface area contributed by atoms with Crippen LogP contribution in [-0.4, -0.2) is 349 Å². The van der Waals surface area contributed by atoms with Gasteiger partial charge in [0.15, 0.2) is 43.2 Å². The van der Waals surface area contributed by atoms with E-state index in [1.54, 1.807) is 0 Å². The first-order valence-corrected chi connectivity index (χ1v) is 36.7. The summed E-state index contributed by atoms with van der Waals surface area (Å²) in [5.74, 6) is -6.53. The number of carbonyl (C=O) groups is 4. The predicted octanol–water partition coefficient (Wildman–Crippen LogP) is -5.88. The minimum Gasteiger partial charge on any atom is -0.481 e. The van der Waals surface area contributed by atoms with E-state index in [1.807, 2.05) is 13.0 Å². The minimum atomic E-state index is -2.50. The second-order valence-electron chi connectivity index (χ2n) is 33.7. The molecule has 4 saturated carbocycles. The van der Waals surface area contributed by atoms with Crippen molar-refractivity contribution in [2.75, 3.05) is 39.6 Å². The van der Waals surface area contributed by atoms with Gasteiger partial charge < -0.3 is 164 Å². The molecule has 0 spiro atoms. The number of hydrogen-bond acceptors (Lipinski definition) is 35. The fourth-order valence-electron chi connectivity index (χ4n) is 20.0. The summed E-state index contributed by atoms with van der Waals surface area (Å²) in [6.07, 6.45) is -47.8. The van der Waals surface area contributed by atoms with Gasteiger partial charge in [-0.15, -0.1) is 0 Å². The van der Waals surface area contributed by atoms with E-state index in [0.717, 1.165) is 12.5 Å².